The lowest BCUT2D eigenvalue weighted by atomic mass is 10.3. The highest BCUT2D eigenvalue weighted by molar-refractivity contribution is 7.93. The van der Waals surface area contributed by atoms with Gasteiger partial charge in [0.1, 0.15) is 0 Å². The molecule has 0 aliphatic heterocycles. The maximum absolute atomic E-state index is 13.0. The van der Waals surface area contributed by atoms with Gasteiger partial charge in [0.05, 0.1) is 10.6 Å². The first-order chi connectivity index (χ1) is 11.5. The highest BCUT2D eigenvalue weighted by atomic mass is 32.2. The molecule has 2 aromatic carbocycles. The molecular weight excluding hydrogens is 328 g/mol. The maximum atomic E-state index is 13.0. The van der Waals surface area contributed by atoms with E-state index in [0.29, 0.717) is 18.5 Å². The summed E-state index contributed by atoms with van der Waals surface area (Å²) in [5.74, 6) is 0. The first-order valence-corrected chi connectivity index (χ1v) is 8.84. The molecule has 0 fully saturated rings. The van der Waals surface area contributed by atoms with Gasteiger partial charge >= 0.3 is 0 Å². The molecule has 0 saturated heterocycles. The van der Waals surface area contributed by atoms with E-state index in [-0.39, 0.29) is 11.4 Å². The van der Waals surface area contributed by atoms with Crippen LogP contribution in [0, 0.1) is 10.1 Å². The second-order valence-corrected chi connectivity index (χ2v) is 6.90. The zero-order valence-electron chi connectivity index (χ0n) is 13.0. The molecule has 7 heteroatoms. The van der Waals surface area contributed by atoms with Gasteiger partial charge in [-0.1, -0.05) is 36.4 Å². The number of allylic oxidation sites excluding steroid dienone is 1. The number of nitro benzene ring substituents is 1. The van der Waals surface area contributed by atoms with Crippen LogP contribution in [-0.4, -0.2) is 19.9 Å². The van der Waals surface area contributed by atoms with E-state index >= 15 is 0 Å². The fourth-order valence-corrected chi connectivity index (χ4v) is 3.97. The van der Waals surface area contributed by atoms with E-state index < -0.39 is 20.6 Å². The third kappa shape index (κ3) is 3.80. The second-order valence-electron chi connectivity index (χ2n) is 5.07. The van der Waals surface area contributed by atoms with Gasteiger partial charge in [-0.05, 0) is 31.0 Å². The molecule has 24 heavy (non-hydrogen) atoms. The number of rotatable bonds is 8. The van der Waals surface area contributed by atoms with E-state index in [1.165, 1.54) is 28.6 Å². The molecule has 126 valence electrons. The quantitative estimate of drug-likeness (QED) is 0.315. The first-order valence-electron chi connectivity index (χ1n) is 7.40. The predicted molar refractivity (Wildman–Crippen MR) is 93.5 cm³/mol. The summed E-state index contributed by atoms with van der Waals surface area (Å²) >= 11 is 0. The van der Waals surface area contributed by atoms with Crippen LogP contribution in [0.15, 0.2) is 72.1 Å². The smallest absolute Gasteiger partial charge is 0.266 e. The van der Waals surface area contributed by atoms with Gasteiger partial charge in [0.2, 0.25) is 0 Å². The molecule has 0 unspecified atom stereocenters. The van der Waals surface area contributed by atoms with Crippen LogP contribution < -0.4 is 4.31 Å². The summed E-state index contributed by atoms with van der Waals surface area (Å²) in [5, 5.41) is 11.2. The summed E-state index contributed by atoms with van der Waals surface area (Å²) in [7, 11) is -4.05. The molecule has 0 atom stereocenters. The standard InChI is InChI=1S/C17H18N2O4S/c1-2-3-9-14-18(15-10-5-4-6-11-15)24(22,23)17-13-8-7-12-16(17)19(20)21/h2,4-8,10-13H,1,3,9,14H2. The molecule has 0 aliphatic carbocycles. The summed E-state index contributed by atoms with van der Waals surface area (Å²) < 4.78 is 27.3. The van der Waals surface area contributed by atoms with Crippen molar-refractivity contribution in [1.82, 2.24) is 0 Å². The number of nitro groups is 1. The summed E-state index contributed by atoms with van der Waals surface area (Å²) in [4.78, 5) is 10.2. The SMILES string of the molecule is C=CCCCN(c1ccccc1)S(=O)(=O)c1ccccc1[N+](=O)[O-]. The average molecular weight is 346 g/mol. The van der Waals surface area contributed by atoms with E-state index in [1.807, 2.05) is 0 Å². The molecule has 0 aliphatic rings. The van der Waals surface area contributed by atoms with Gasteiger partial charge in [0, 0.05) is 12.6 Å². The number of hydrogen-bond donors (Lipinski definition) is 0. The molecule has 6 nitrogen and oxygen atoms in total. The van der Waals surface area contributed by atoms with Gasteiger partial charge < -0.3 is 0 Å². The van der Waals surface area contributed by atoms with Gasteiger partial charge in [-0.25, -0.2) is 8.42 Å². The molecule has 0 bridgehead atoms. The Morgan fingerprint density at radius 3 is 2.33 bits per heavy atom. The Bertz CT molecular complexity index is 819. The number of anilines is 1. The lowest BCUT2D eigenvalue weighted by Crippen LogP contribution is -2.32. The molecule has 0 radical (unpaired) electrons. The first kappa shape index (κ1) is 17.7. The van der Waals surface area contributed by atoms with Crippen molar-refractivity contribution in [2.75, 3.05) is 10.8 Å². The number of sulfonamides is 1. The number of benzene rings is 2. The van der Waals surface area contributed by atoms with Crippen LogP contribution in [0.25, 0.3) is 0 Å². The molecule has 0 N–H and O–H groups in total. The normalized spacial score (nSPS) is 11.0. The summed E-state index contributed by atoms with van der Waals surface area (Å²) in [5.41, 5.74) is 0.0434. The van der Waals surface area contributed by atoms with Gasteiger partial charge in [0.15, 0.2) is 4.90 Å². The fraction of sp³-hybridized carbons (Fsp3) is 0.176. The van der Waals surface area contributed by atoms with E-state index in [9.17, 15) is 18.5 Å². The van der Waals surface area contributed by atoms with Crippen molar-refractivity contribution in [2.24, 2.45) is 0 Å². The maximum Gasteiger partial charge on any atom is 0.289 e. The Balaban J connectivity index is 2.52. The Kier molecular flexibility index (Phi) is 5.70. The van der Waals surface area contributed by atoms with Crippen LogP contribution in [-0.2, 0) is 10.0 Å². The molecule has 2 rings (SSSR count). The monoisotopic (exact) mass is 346 g/mol. The minimum atomic E-state index is -4.05. The Morgan fingerprint density at radius 2 is 1.71 bits per heavy atom. The van der Waals surface area contributed by atoms with Gasteiger partial charge in [-0.15, -0.1) is 6.58 Å². The van der Waals surface area contributed by atoms with Crippen LogP contribution in [0.1, 0.15) is 12.8 Å². The number of para-hydroxylation sites is 2. The van der Waals surface area contributed by atoms with Crippen molar-refractivity contribution in [1.29, 1.82) is 0 Å². The molecule has 0 spiro atoms. The number of unbranched alkanes of at least 4 members (excludes halogenated alkanes) is 1. The van der Waals surface area contributed by atoms with Crippen LogP contribution in [0.2, 0.25) is 0 Å². The van der Waals surface area contributed by atoms with Gasteiger partial charge in [0.25, 0.3) is 15.7 Å². The van der Waals surface area contributed by atoms with Crippen LogP contribution >= 0.6 is 0 Å². The van der Waals surface area contributed by atoms with Crippen molar-refractivity contribution in [3.8, 4) is 0 Å². The Hall–Kier alpha value is -2.67. The zero-order chi connectivity index (χ0) is 17.6. The third-order valence-corrected chi connectivity index (χ3v) is 5.32. The van der Waals surface area contributed by atoms with Crippen LogP contribution in [0.3, 0.4) is 0 Å². The third-order valence-electron chi connectivity index (χ3n) is 3.44. The van der Waals surface area contributed by atoms with Crippen LogP contribution in [0.5, 0.6) is 0 Å². The van der Waals surface area contributed by atoms with Gasteiger partial charge in [-0.3, -0.25) is 14.4 Å². The Morgan fingerprint density at radius 1 is 1.08 bits per heavy atom. The Labute approximate surface area is 141 Å². The van der Waals surface area contributed by atoms with E-state index in [2.05, 4.69) is 6.58 Å². The van der Waals surface area contributed by atoms with Crippen molar-refractivity contribution < 1.29 is 13.3 Å². The second kappa shape index (κ2) is 7.74. The van der Waals surface area contributed by atoms with Crippen LogP contribution in [0.4, 0.5) is 11.4 Å². The molecule has 0 amide bonds. The summed E-state index contributed by atoms with van der Waals surface area (Å²) in [6.07, 6.45) is 2.93. The van der Waals surface area contributed by atoms with E-state index in [1.54, 1.807) is 36.4 Å². The number of nitrogens with zero attached hydrogens (tertiary/aromatic N) is 2. The number of hydrogen-bond acceptors (Lipinski definition) is 4. The minimum absolute atomic E-state index is 0.213. The highest BCUT2D eigenvalue weighted by Gasteiger charge is 2.31. The van der Waals surface area contributed by atoms with Crippen molar-refractivity contribution in [2.45, 2.75) is 17.7 Å². The minimum Gasteiger partial charge on any atom is -0.266 e. The average Bonchev–Trinajstić information content (AvgIpc) is 2.59. The predicted octanol–water partition coefficient (Wildman–Crippen LogP) is 3.76. The van der Waals surface area contributed by atoms with Gasteiger partial charge in [-0.2, -0.15) is 0 Å². The molecular formula is C17H18N2O4S. The van der Waals surface area contributed by atoms with Crippen molar-refractivity contribution >= 4 is 21.4 Å². The van der Waals surface area contributed by atoms with Crippen molar-refractivity contribution in [3.05, 3.63) is 77.4 Å². The molecule has 0 aromatic heterocycles. The summed E-state index contributed by atoms with van der Waals surface area (Å²) in [6, 6.07) is 13.9. The lowest BCUT2D eigenvalue weighted by Gasteiger charge is -2.24. The molecule has 2 aromatic rings. The van der Waals surface area contributed by atoms with Crippen molar-refractivity contribution in [3.63, 3.8) is 0 Å². The fourth-order valence-electron chi connectivity index (χ4n) is 2.31. The topological polar surface area (TPSA) is 80.5 Å². The lowest BCUT2D eigenvalue weighted by molar-refractivity contribution is -0.387. The van der Waals surface area contributed by atoms with E-state index in [0.717, 1.165) is 0 Å². The van der Waals surface area contributed by atoms with E-state index in [4.69, 9.17) is 0 Å². The summed E-state index contributed by atoms with van der Waals surface area (Å²) in [6.45, 7) is 3.84. The highest BCUT2D eigenvalue weighted by Crippen LogP contribution is 2.29. The molecule has 0 heterocycles. The largest absolute Gasteiger partial charge is 0.289 e. The zero-order valence-corrected chi connectivity index (χ0v) is 13.9. The molecule has 0 saturated carbocycles.